The number of carbonyl (C=O) groups excluding carboxylic acids is 1. The Morgan fingerprint density at radius 1 is 1.06 bits per heavy atom. The number of ether oxygens (including phenoxy) is 3. The van der Waals surface area contributed by atoms with Crippen molar-refractivity contribution in [1.82, 2.24) is 4.31 Å². The van der Waals surface area contributed by atoms with Crippen LogP contribution in [-0.2, 0) is 14.8 Å². The molecule has 2 heterocycles. The van der Waals surface area contributed by atoms with Gasteiger partial charge in [-0.15, -0.1) is 0 Å². The summed E-state index contributed by atoms with van der Waals surface area (Å²) in [5.41, 5.74) is 0.735. The summed E-state index contributed by atoms with van der Waals surface area (Å²) < 4.78 is 44.1. The van der Waals surface area contributed by atoms with E-state index in [-0.39, 0.29) is 17.3 Å². The lowest BCUT2D eigenvalue weighted by Gasteiger charge is -2.36. The van der Waals surface area contributed by atoms with Crippen LogP contribution in [0.25, 0.3) is 0 Å². The van der Waals surface area contributed by atoms with Crippen molar-refractivity contribution in [2.45, 2.75) is 17.7 Å². The van der Waals surface area contributed by atoms with Gasteiger partial charge < -0.3 is 19.1 Å². The molecule has 1 atom stereocenters. The number of anilines is 1. The zero-order valence-electron chi connectivity index (χ0n) is 17.6. The monoisotopic (exact) mass is 446 g/mol. The van der Waals surface area contributed by atoms with Gasteiger partial charge in [0.25, 0.3) is 0 Å². The Bertz CT molecular complexity index is 1070. The number of amides is 1. The van der Waals surface area contributed by atoms with Crippen LogP contribution in [0.1, 0.15) is 12.8 Å². The van der Waals surface area contributed by atoms with Crippen molar-refractivity contribution in [1.29, 1.82) is 0 Å². The first kappa shape index (κ1) is 21.5. The number of para-hydroxylation sites is 2. The largest absolute Gasteiger partial charge is 0.493 e. The van der Waals surface area contributed by atoms with Crippen molar-refractivity contribution in [2.24, 2.45) is 5.92 Å². The van der Waals surface area contributed by atoms with E-state index in [9.17, 15) is 13.2 Å². The number of rotatable bonds is 5. The first-order valence-corrected chi connectivity index (χ1v) is 11.6. The maximum atomic E-state index is 13.3. The predicted octanol–water partition coefficient (Wildman–Crippen LogP) is 2.53. The van der Waals surface area contributed by atoms with Crippen molar-refractivity contribution < 1.29 is 27.4 Å². The number of methoxy groups -OCH3 is 2. The molecule has 0 aliphatic carbocycles. The average molecular weight is 447 g/mol. The summed E-state index contributed by atoms with van der Waals surface area (Å²) in [4.78, 5) is 15.2. The zero-order chi connectivity index (χ0) is 22.0. The molecule has 31 heavy (non-hydrogen) atoms. The number of hydrogen-bond donors (Lipinski definition) is 0. The smallest absolute Gasteiger partial charge is 0.243 e. The van der Waals surface area contributed by atoms with E-state index in [1.807, 2.05) is 24.3 Å². The summed E-state index contributed by atoms with van der Waals surface area (Å²) in [6.07, 6.45) is 1.27. The second kappa shape index (κ2) is 8.76. The second-order valence-electron chi connectivity index (χ2n) is 7.53. The first-order valence-electron chi connectivity index (χ1n) is 10.2. The normalized spacial score (nSPS) is 19.3. The van der Waals surface area contributed by atoms with Gasteiger partial charge in [0.1, 0.15) is 12.4 Å². The third-order valence-corrected chi connectivity index (χ3v) is 7.58. The van der Waals surface area contributed by atoms with Gasteiger partial charge in [0.2, 0.25) is 15.9 Å². The molecule has 8 nitrogen and oxygen atoms in total. The van der Waals surface area contributed by atoms with Crippen LogP contribution < -0.4 is 19.1 Å². The molecule has 2 aliphatic heterocycles. The predicted molar refractivity (Wildman–Crippen MR) is 115 cm³/mol. The van der Waals surface area contributed by atoms with Crippen LogP contribution in [0.4, 0.5) is 5.69 Å². The Hall–Kier alpha value is -2.78. The van der Waals surface area contributed by atoms with Crippen molar-refractivity contribution >= 4 is 21.6 Å². The van der Waals surface area contributed by atoms with Crippen LogP contribution in [-0.4, -0.2) is 59.1 Å². The Balaban J connectivity index is 1.55. The fourth-order valence-corrected chi connectivity index (χ4v) is 5.65. The molecule has 0 bridgehead atoms. The number of nitrogens with zero attached hydrogens (tertiary/aromatic N) is 2. The molecule has 1 saturated heterocycles. The Morgan fingerprint density at radius 2 is 1.84 bits per heavy atom. The maximum Gasteiger partial charge on any atom is 0.243 e. The van der Waals surface area contributed by atoms with Crippen molar-refractivity contribution in [3.05, 3.63) is 42.5 Å². The molecule has 0 unspecified atom stereocenters. The first-order chi connectivity index (χ1) is 15.0. The lowest BCUT2D eigenvalue weighted by Crippen LogP contribution is -2.48. The van der Waals surface area contributed by atoms with Gasteiger partial charge in [-0.2, -0.15) is 4.31 Å². The minimum Gasteiger partial charge on any atom is -0.493 e. The molecule has 4 rings (SSSR count). The van der Waals surface area contributed by atoms with E-state index in [1.54, 1.807) is 11.0 Å². The molecule has 0 spiro atoms. The Kier molecular flexibility index (Phi) is 6.06. The van der Waals surface area contributed by atoms with Crippen LogP contribution in [0.2, 0.25) is 0 Å². The molecule has 2 aromatic rings. The van der Waals surface area contributed by atoms with Gasteiger partial charge in [-0.3, -0.25) is 4.79 Å². The van der Waals surface area contributed by atoms with Crippen LogP contribution in [0, 0.1) is 5.92 Å². The molecule has 166 valence electrons. The van der Waals surface area contributed by atoms with E-state index in [0.29, 0.717) is 49.8 Å². The molecule has 0 saturated carbocycles. The summed E-state index contributed by atoms with van der Waals surface area (Å²) in [6, 6.07) is 11.9. The summed E-state index contributed by atoms with van der Waals surface area (Å²) >= 11 is 0. The minimum atomic E-state index is -3.77. The Morgan fingerprint density at radius 3 is 2.61 bits per heavy atom. The lowest BCUT2D eigenvalue weighted by molar-refractivity contribution is -0.123. The molecular weight excluding hydrogens is 420 g/mol. The standard InChI is InChI=1S/C22H26N2O6S/c1-28-20-10-9-17(14-21(20)29-2)31(26,27)23-11-5-6-16(15-23)22(25)24-12-13-30-19-8-4-3-7-18(19)24/h3-4,7-10,14,16H,5-6,11-13,15H2,1-2H3/t16-/m0/s1. The summed E-state index contributed by atoms with van der Waals surface area (Å²) in [6.45, 7) is 1.40. The topological polar surface area (TPSA) is 85.4 Å². The number of piperidine rings is 1. The quantitative estimate of drug-likeness (QED) is 0.702. The molecule has 0 aromatic heterocycles. The molecule has 0 N–H and O–H groups in total. The van der Waals surface area contributed by atoms with Gasteiger partial charge in [0.05, 0.1) is 37.3 Å². The van der Waals surface area contributed by atoms with Crippen LogP contribution in [0.3, 0.4) is 0 Å². The van der Waals surface area contributed by atoms with Crippen molar-refractivity contribution in [3.63, 3.8) is 0 Å². The number of fused-ring (bicyclic) bond motifs is 1. The van der Waals surface area contributed by atoms with E-state index in [1.165, 1.54) is 30.7 Å². The van der Waals surface area contributed by atoms with E-state index in [2.05, 4.69) is 0 Å². The lowest BCUT2D eigenvalue weighted by atomic mass is 9.97. The summed E-state index contributed by atoms with van der Waals surface area (Å²) in [5.74, 6) is 1.00. The van der Waals surface area contributed by atoms with Crippen LogP contribution >= 0.6 is 0 Å². The molecular formula is C22H26N2O6S. The SMILES string of the molecule is COc1ccc(S(=O)(=O)N2CCC[C@H](C(=O)N3CCOc4ccccc43)C2)cc1OC. The zero-order valence-corrected chi connectivity index (χ0v) is 18.4. The average Bonchev–Trinajstić information content (AvgIpc) is 2.82. The van der Waals surface area contributed by atoms with Gasteiger partial charge in [0.15, 0.2) is 11.5 Å². The molecule has 2 aromatic carbocycles. The number of hydrogen-bond acceptors (Lipinski definition) is 6. The van der Waals surface area contributed by atoms with Crippen LogP contribution in [0.5, 0.6) is 17.2 Å². The van der Waals surface area contributed by atoms with E-state index >= 15 is 0 Å². The van der Waals surface area contributed by atoms with Gasteiger partial charge in [-0.25, -0.2) is 8.42 Å². The summed E-state index contributed by atoms with van der Waals surface area (Å²) in [5, 5.41) is 0. The van der Waals surface area contributed by atoms with Gasteiger partial charge in [-0.05, 0) is 37.1 Å². The van der Waals surface area contributed by atoms with E-state index < -0.39 is 15.9 Å². The third kappa shape index (κ3) is 4.07. The Labute approximate surface area is 182 Å². The van der Waals surface area contributed by atoms with Gasteiger partial charge in [-0.1, -0.05) is 12.1 Å². The molecule has 1 fully saturated rings. The van der Waals surface area contributed by atoms with E-state index in [0.717, 1.165) is 5.69 Å². The number of benzene rings is 2. The van der Waals surface area contributed by atoms with Crippen molar-refractivity contribution in [2.75, 3.05) is 45.4 Å². The van der Waals surface area contributed by atoms with E-state index in [4.69, 9.17) is 14.2 Å². The highest BCUT2D eigenvalue weighted by Crippen LogP contribution is 2.35. The fourth-order valence-electron chi connectivity index (χ4n) is 4.11. The highest BCUT2D eigenvalue weighted by Gasteiger charge is 2.37. The summed E-state index contributed by atoms with van der Waals surface area (Å²) in [7, 11) is -0.816. The molecule has 9 heteroatoms. The van der Waals surface area contributed by atoms with Crippen LogP contribution in [0.15, 0.2) is 47.4 Å². The number of sulfonamides is 1. The number of carbonyl (C=O) groups is 1. The molecule has 2 aliphatic rings. The highest BCUT2D eigenvalue weighted by molar-refractivity contribution is 7.89. The van der Waals surface area contributed by atoms with Crippen molar-refractivity contribution in [3.8, 4) is 17.2 Å². The molecule has 1 amide bonds. The van der Waals surface area contributed by atoms with Gasteiger partial charge in [0, 0.05) is 19.2 Å². The second-order valence-corrected chi connectivity index (χ2v) is 9.46. The highest BCUT2D eigenvalue weighted by atomic mass is 32.2. The molecule has 0 radical (unpaired) electrons. The fraction of sp³-hybridized carbons (Fsp3) is 0.409. The maximum absolute atomic E-state index is 13.3. The third-order valence-electron chi connectivity index (χ3n) is 5.72. The van der Waals surface area contributed by atoms with Gasteiger partial charge >= 0.3 is 0 Å². The minimum absolute atomic E-state index is 0.0667.